The summed E-state index contributed by atoms with van der Waals surface area (Å²) >= 11 is 0. The van der Waals surface area contributed by atoms with Gasteiger partial charge in [-0.1, -0.05) is 6.92 Å². The molecule has 0 fully saturated rings. The SMILES string of the molecule is CCC(C)(C)OOC(=O)c1ccc[nH]1. The van der Waals surface area contributed by atoms with Crippen molar-refractivity contribution in [3.63, 3.8) is 0 Å². The number of hydrogen-bond donors (Lipinski definition) is 1. The number of nitrogens with one attached hydrogen (secondary N) is 1. The number of aromatic nitrogens is 1. The third-order valence-corrected chi connectivity index (χ3v) is 2.01. The van der Waals surface area contributed by atoms with Gasteiger partial charge in [-0.05, 0) is 32.4 Å². The summed E-state index contributed by atoms with van der Waals surface area (Å²) in [6.45, 7) is 5.67. The van der Waals surface area contributed by atoms with E-state index in [2.05, 4.69) is 9.87 Å². The molecule has 1 aromatic heterocycles. The predicted octanol–water partition coefficient (Wildman–Crippen LogP) is 2.29. The number of aromatic amines is 1. The molecule has 0 aliphatic carbocycles. The summed E-state index contributed by atoms with van der Waals surface area (Å²) < 4.78 is 0. The van der Waals surface area contributed by atoms with Crippen LogP contribution in [0.3, 0.4) is 0 Å². The van der Waals surface area contributed by atoms with E-state index < -0.39 is 11.6 Å². The summed E-state index contributed by atoms with van der Waals surface area (Å²) in [5, 5.41) is 0. The number of carbonyl (C=O) groups excluding carboxylic acids is 1. The van der Waals surface area contributed by atoms with Crippen LogP contribution in [0.1, 0.15) is 37.7 Å². The molecule has 0 saturated heterocycles. The first kappa shape index (κ1) is 10.8. The van der Waals surface area contributed by atoms with Crippen molar-refractivity contribution < 1.29 is 14.6 Å². The lowest BCUT2D eigenvalue weighted by atomic mass is 10.1. The van der Waals surface area contributed by atoms with Gasteiger partial charge in [0.1, 0.15) is 11.3 Å². The maximum absolute atomic E-state index is 11.3. The third-order valence-electron chi connectivity index (χ3n) is 2.01. The Morgan fingerprint density at radius 1 is 1.57 bits per heavy atom. The van der Waals surface area contributed by atoms with Crippen LogP contribution in [0.5, 0.6) is 0 Å². The highest BCUT2D eigenvalue weighted by Crippen LogP contribution is 2.14. The average molecular weight is 197 g/mol. The van der Waals surface area contributed by atoms with E-state index in [4.69, 9.17) is 4.89 Å². The Morgan fingerprint density at radius 3 is 2.79 bits per heavy atom. The van der Waals surface area contributed by atoms with E-state index in [1.54, 1.807) is 18.3 Å². The zero-order chi connectivity index (χ0) is 10.6. The first-order chi connectivity index (χ1) is 6.55. The van der Waals surface area contributed by atoms with Crippen molar-refractivity contribution in [2.24, 2.45) is 0 Å². The van der Waals surface area contributed by atoms with Gasteiger partial charge in [-0.15, -0.1) is 0 Å². The van der Waals surface area contributed by atoms with Gasteiger partial charge in [-0.3, -0.25) is 4.89 Å². The van der Waals surface area contributed by atoms with Crippen LogP contribution in [0.4, 0.5) is 0 Å². The highest BCUT2D eigenvalue weighted by Gasteiger charge is 2.20. The molecule has 1 heterocycles. The van der Waals surface area contributed by atoms with Crippen LogP contribution in [-0.2, 0) is 9.78 Å². The standard InChI is InChI=1S/C10H15NO3/c1-4-10(2,3)14-13-9(12)8-6-5-7-11-8/h5-7,11H,4H2,1-3H3. The Labute approximate surface area is 83.1 Å². The summed E-state index contributed by atoms with van der Waals surface area (Å²) in [4.78, 5) is 23.7. The molecule has 0 atom stereocenters. The van der Waals surface area contributed by atoms with E-state index in [-0.39, 0.29) is 0 Å². The second kappa shape index (κ2) is 4.28. The Hall–Kier alpha value is -1.29. The first-order valence-corrected chi connectivity index (χ1v) is 4.58. The van der Waals surface area contributed by atoms with Crippen molar-refractivity contribution in [3.05, 3.63) is 24.0 Å². The van der Waals surface area contributed by atoms with Crippen LogP contribution < -0.4 is 0 Å². The molecule has 4 heteroatoms. The molecule has 78 valence electrons. The van der Waals surface area contributed by atoms with Crippen molar-refractivity contribution in [1.82, 2.24) is 4.98 Å². The van der Waals surface area contributed by atoms with Gasteiger partial charge in [-0.25, -0.2) is 4.79 Å². The monoisotopic (exact) mass is 197 g/mol. The van der Waals surface area contributed by atoms with Gasteiger partial charge in [0.2, 0.25) is 0 Å². The lowest BCUT2D eigenvalue weighted by molar-refractivity contribution is -0.307. The van der Waals surface area contributed by atoms with Crippen molar-refractivity contribution >= 4 is 5.97 Å². The Bertz CT molecular complexity index is 290. The second-order valence-electron chi connectivity index (χ2n) is 3.65. The molecule has 0 bridgehead atoms. The van der Waals surface area contributed by atoms with Crippen LogP contribution in [0.15, 0.2) is 18.3 Å². The van der Waals surface area contributed by atoms with Crippen LogP contribution in [0, 0.1) is 0 Å². The molecule has 1 N–H and O–H groups in total. The van der Waals surface area contributed by atoms with E-state index in [9.17, 15) is 4.79 Å². The molecule has 0 radical (unpaired) electrons. The number of hydrogen-bond acceptors (Lipinski definition) is 3. The van der Waals surface area contributed by atoms with Gasteiger partial charge in [0.25, 0.3) is 0 Å². The molecule has 1 aromatic rings. The van der Waals surface area contributed by atoms with E-state index in [0.29, 0.717) is 5.69 Å². The van der Waals surface area contributed by atoms with E-state index in [0.717, 1.165) is 6.42 Å². The minimum absolute atomic E-state index is 0.386. The van der Waals surface area contributed by atoms with Gasteiger partial charge in [0.05, 0.1) is 0 Å². The van der Waals surface area contributed by atoms with E-state index in [1.165, 1.54) is 0 Å². The van der Waals surface area contributed by atoms with Gasteiger partial charge in [-0.2, -0.15) is 4.89 Å². The van der Waals surface area contributed by atoms with Gasteiger partial charge < -0.3 is 4.98 Å². The Morgan fingerprint density at radius 2 is 2.29 bits per heavy atom. The van der Waals surface area contributed by atoms with Gasteiger partial charge >= 0.3 is 5.97 Å². The second-order valence-corrected chi connectivity index (χ2v) is 3.65. The van der Waals surface area contributed by atoms with Crippen LogP contribution in [-0.4, -0.2) is 16.6 Å². The molecule has 0 aliphatic heterocycles. The molecular weight excluding hydrogens is 182 g/mol. The quantitative estimate of drug-likeness (QED) is 0.595. The molecule has 1 rings (SSSR count). The normalized spacial score (nSPS) is 11.4. The highest BCUT2D eigenvalue weighted by molar-refractivity contribution is 5.86. The molecular formula is C10H15NO3. The van der Waals surface area contributed by atoms with Crippen LogP contribution in [0.2, 0.25) is 0 Å². The van der Waals surface area contributed by atoms with Crippen LogP contribution >= 0.6 is 0 Å². The van der Waals surface area contributed by atoms with E-state index >= 15 is 0 Å². The van der Waals surface area contributed by atoms with E-state index in [1.807, 2.05) is 20.8 Å². The molecule has 0 aromatic carbocycles. The zero-order valence-electron chi connectivity index (χ0n) is 8.66. The lowest BCUT2D eigenvalue weighted by Crippen LogP contribution is -2.25. The topological polar surface area (TPSA) is 51.3 Å². The Balaban J connectivity index is 2.43. The highest BCUT2D eigenvalue weighted by atomic mass is 17.2. The fourth-order valence-corrected chi connectivity index (χ4v) is 0.712. The summed E-state index contributed by atoms with van der Waals surface area (Å²) in [6, 6.07) is 3.35. The largest absolute Gasteiger partial charge is 0.389 e. The molecule has 14 heavy (non-hydrogen) atoms. The molecule has 4 nitrogen and oxygen atoms in total. The summed E-state index contributed by atoms with van der Waals surface area (Å²) in [7, 11) is 0. The number of H-pyrrole nitrogens is 1. The minimum atomic E-state index is -0.503. The third kappa shape index (κ3) is 2.88. The van der Waals surface area contributed by atoms with Gasteiger partial charge in [0.15, 0.2) is 0 Å². The zero-order valence-corrected chi connectivity index (χ0v) is 8.66. The summed E-state index contributed by atoms with van der Waals surface area (Å²) in [6.07, 6.45) is 2.42. The van der Waals surface area contributed by atoms with Crippen molar-refractivity contribution in [1.29, 1.82) is 0 Å². The van der Waals surface area contributed by atoms with Crippen molar-refractivity contribution in [2.75, 3.05) is 0 Å². The molecule has 0 spiro atoms. The van der Waals surface area contributed by atoms with Crippen molar-refractivity contribution in [2.45, 2.75) is 32.8 Å². The van der Waals surface area contributed by atoms with Crippen molar-refractivity contribution in [3.8, 4) is 0 Å². The maximum Gasteiger partial charge on any atom is 0.389 e. The average Bonchev–Trinajstić information content (AvgIpc) is 2.67. The number of carbonyl (C=O) groups is 1. The van der Waals surface area contributed by atoms with Crippen LogP contribution in [0.25, 0.3) is 0 Å². The molecule has 0 unspecified atom stereocenters. The maximum atomic E-state index is 11.3. The van der Waals surface area contributed by atoms with Gasteiger partial charge in [0, 0.05) is 6.20 Å². The first-order valence-electron chi connectivity index (χ1n) is 4.58. The molecule has 0 amide bonds. The minimum Gasteiger partial charge on any atom is -0.356 e. The predicted molar refractivity (Wildman–Crippen MR) is 51.7 cm³/mol. The summed E-state index contributed by atoms with van der Waals surface area (Å²) in [5.41, 5.74) is -0.0562. The lowest BCUT2D eigenvalue weighted by Gasteiger charge is -2.20. The summed E-state index contributed by atoms with van der Waals surface area (Å²) in [5.74, 6) is -0.503. The fourth-order valence-electron chi connectivity index (χ4n) is 0.712. The molecule has 0 saturated carbocycles. The molecule has 0 aliphatic rings. The fraction of sp³-hybridized carbons (Fsp3) is 0.500. The number of rotatable bonds is 4. The Kier molecular flexibility index (Phi) is 3.30. The smallest absolute Gasteiger partial charge is 0.356 e.